The standard InChI is InChI=1S/C20H29N3O2/c1-5-9-16-12-15(13-18(24-3)19(16)25-4)14-22-20(21-6-2)23-17-10-7-8-11-17/h5,7-8,12-13,17H,1,6,9-11,14H2,2-4H3,(H2,21,22,23). The topological polar surface area (TPSA) is 54.9 Å². The summed E-state index contributed by atoms with van der Waals surface area (Å²) in [6.07, 6.45) is 9.09. The van der Waals surface area contributed by atoms with Crippen LogP contribution in [-0.2, 0) is 13.0 Å². The molecule has 1 aliphatic carbocycles. The van der Waals surface area contributed by atoms with Gasteiger partial charge in [-0.2, -0.15) is 0 Å². The van der Waals surface area contributed by atoms with Crippen LogP contribution in [0.4, 0.5) is 0 Å². The number of nitrogens with one attached hydrogen (secondary N) is 2. The Bertz CT molecular complexity index is 630. The SMILES string of the molecule is C=CCc1cc(CN=C(NCC)NC2CC=CC2)cc(OC)c1OC. The van der Waals surface area contributed by atoms with Gasteiger partial charge in [-0.1, -0.05) is 18.2 Å². The van der Waals surface area contributed by atoms with E-state index < -0.39 is 0 Å². The monoisotopic (exact) mass is 343 g/mol. The highest BCUT2D eigenvalue weighted by atomic mass is 16.5. The molecule has 0 spiro atoms. The highest BCUT2D eigenvalue weighted by molar-refractivity contribution is 5.80. The number of benzene rings is 1. The first-order valence-electron chi connectivity index (χ1n) is 8.76. The van der Waals surface area contributed by atoms with Crippen LogP contribution in [0.1, 0.15) is 30.9 Å². The molecule has 0 aromatic heterocycles. The first kappa shape index (κ1) is 18.9. The maximum Gasteiger partial charge on any atom is 0.191 e. The molecule has 0 unspecified atom stereocenters. The van der Waals surface area contributed by atoms with E-state index in [1.807, 2.05) is 12.1 Å². The number of hydrogen-bond acceptors (Lipinski definition) is 3. The van der Waals surface area contributed by atoms with Gasteiger partial charge in [-0.25, -0.2) is 4.99 Å². The zero-order valence-electron chi connectivity index (χ0n) is 15.5. The van der Waals surface area contributed by atoms with Gasteiger partial charge in [0.2, 0.25) is 0 Å². The fourth-order valence-electron chi connectivity index (χ4n) is 2.92. The molecule has 0 atom stereocenters. The highest BCUT2D eigenvalue weighted by Gasteiger charge is 2.13. The second kappa shape index (κ2) is 9.77. The van der Waals surface area contributed by atoms with E-state index in [-0.39, 0.29) is 0 Å². The average molecular weight is 343 g/mol. The molecule has 0 saturated heterocycles. The number of hydrogen-bond donors (Lipinski definition) is 2. The Morgan fingerprint density at radius 3 is 2.64 bits per heavy atom. The molecule has 2 N–H and O–H groups in total. The van der Waals surface area contributed by atoms with Gasteiger partial charge in [0.25, 0.3) is 0 Å². The Kier molecular flexibility index (Phi) is 7.38. The molecule has 5 heteroatoms. The van der Waals surface area contributed by atoms with E-state index in [2.05, 4.69) is 42.4 Å². The Morgan fingerprint density at radius 2 is 2.04 bits per heavy atom. The van der Waals surface area contributed by atoms with Crippen LogP contribution in [-0.4, -0.2) is 32.8 Å². The lowest BCUT2D eigenvalue weighted by Gasteiger charge is -2.17. The van der Waals surface area contributed by atoms with Gasteiger partial charge in [-0.05, 0) is 43.9 Å². The number of ether oxygens (including phenoxy) is 2. The molecule has 0 aliphatic heterocycles. The first-order chi connectivity index (χ1) is 12.2. The lowest BCUT2D eigenvalue weighted by atomic mass is 10.1. The second-order valence-corrected chi connectivity index (χ2v) is 5.96. The minimum atomic E-state index is 0.430. The lowest BCUT2D eigenvalue weighted by molar-refractivity contribution is 0.352. The summed E-state index contributed by atoms with van der Waals surface area (Å²) in [5, 5.41) is 6.79. The number of aliphatic imine (C=N–C) groups is 1. The first-order valence-corrected chi connectivity index (χ1v) is 8.76. The zero-order chi connectivity index (χ0) is 18.1. The molecule has 0 saturated carbocycles. The number of guanidine groups is 1. The normalized spacial score (nSPS) is 14.4. The lowest BCUT2D eigenvalue weighted by Crippen LogP contribution is -2.42. The van der Waals surface area contributed by atoms with Gasteiger partial charge in [0.05, 0.1) is 20.8 Å². The number of nitrogens with zero attached hydrogens (tertiary/aromatic N) is 1. The molecular formula is C20H29N3O2. The van der Waals surface area contributed by atoms with Crippen molar-refractivity contribution in [3.05, 3.63) is 48.1 Å². The van der Waals surface area contributed by atoms with Crippen LogP contribution >= 0.6 is 0 Å². The minimum Gasteiger partial charge on any atom is -0.493 e. The fourth-order valence-corrected chi connectivity index (χ4v) is 2.92. The van der Waals surface area contributed by atoms with Crippen LogP contribution in [0.3, 0.4) is 0 Å². The van der Waals surface area contributed by atoms with Gasteiger partial charge in [-0.15, -0.1) is 6.58 Å². The van der Waals surface area contributed by atoms with E-state index in [0.29, 0.717) is 12.6 Å². The molecule has 0 amide bonds. The predicted molar refractivity (Wildman–Crippen MR) is 104 cm³/mol. The van der Waals surface area contributed by atoms with Crippen LogP contribution in [0.5, 0.6) is 11.5 Å². The van der Waals surface area contributed by atoms with Crippen molar-refractivity contribution in [3.63, 3.8) is 0 Å². The fraction of sp³-hybridized carbons (Fsp3) is 0.450. The van der Waals surface area contributed by atoms with Crippen molar-refractivity contribution < 1.29 is 9.47 Å². The van der Waals surface area contributed by atoms with Crippen LogP contribution in [0, 0.1) is 0 Å². The Labute approximate surface area is 150 Å². The smallest absolute Gasteiger partial charge is 0.191 e. The summed E-state index contributed by atoms with van der Waals surface area (Å²) in [6.45, 7) is 7.30. The maximum absolute atomic E-state index is 5.49. The molecular weight excluding hydrogens is 314 g/mol. The van der Waals surface area contributed by atoms with Gasteiger partial charge in [-0.3, -0.25) is 0 Å². The molecule has 136 valence electrons. The minimum absolute atomic E-state index is 0.430. The molecule has 0 radical (unpaired) electrons. The summed E-state index contributed by atoms with van der Waals surface area (Å²) in [4.78, 5) is 4.72. The summed E-state index contributed by atoms with van der Waals surface area (Å²) in [7, 11) is 3.31. The van der Waals surface area contributed by atoms with Crippen LogP contribution in [0.2, 0.25) is 0 Å². The molecule has 1 aromatic rings. The van der Waals surface area contributed by atoms with Gasteiger partial charge in [0, 0.05) is 18.2 Å². The summed E-state index contributed by atoms with van der Waals surface area (Å²) in [5.74, 6) is 2.33. The van der Waals surface area contributed by atoms with E-state index in [1.54, 1.807) is 14.2 Å². The van der Waals surface area contributed by atoms with Crippen molar-refractivity contribution >= 4 is 5.96 Å². The molecule has 0 fully saturated rings. The summed E-state index contributed by atoms with van der Waals surface area (Å²) >= 11 is 0. The van der Waals surface area contributed by atoms with Crippen molar-refractivity contribution in [2.24, 2.45) is 4.99 Å². The predicted octanol–water partition coefficient (Wildman–Crippen LogP) is 3.21. The largest absolute Gasteiger partial charge is 0.493 e. The molecule has 25 heavy (non-hydrogen) atoms. The molecule has 5 nitrogen and oxygen atoms in total. The number of rotatable bonds is 8. The Morgan fingerprint density at radius 1 is 1.28 bits per heavy atom. The van der Waals surface area contributed by atoms with E-state index in [4.69, 9.17) is 14.5 Å². The summed E-state index contributed by atoms with van der Waals surface area (Å²) in [6, 6.07) is 4.52. The van der Waals surface area contributed by atoms with Crippen LogP contribution < -0.4 is 20.1 Å². The third-order valence-electron chi connectivity index (χ3n) is 4.09. The third-order valence-corrected chi connectivity index (χ3v) is 4.09. The van der Waals surface area contributed by atoms with E-state index in [1.165, 1.54) is 0 Å². The number of methoxy groups -OCH3 is 2. The average Bonchev–Trinajstić information content (AvgIpc) is 3.12. The van der Waals surface area contributed by atoms with Crippen molar-refractivity contribution in [3.8, 4) is 11.5 Å². The molecule has 0 heterocycles. The van der Waals surface area contributed by atoms with Crippen molar-refractivity contribution in [2.75, 3.05) is 20.8 Å². The van der Waals surface area contributed by atoms with Crippen molar-refractivity contribution in [1.82, 2.24) is 10.6 Å². The maximum atomic E-state index is 5.49. The van der Waals surface area contributed by atoms with Crippen molar-refractivity contribution in [2.45, 2.75) is 38.8 Å². The molecule has 1 aliphatic rings. The second-order valence-electron chi connectivity index (χ2n) is 5.96. The zero-order valence-corrected chi connectivity index (χ0v) is 15.5. The summed E-state index contributed by atoms with van der Waals surface area (Å²) < 4.78 is 11.0. The number of allylic oxidation sites excluding steroid dienone is 1. The summed E-state index contributed by atoms with van der Waals surface area (Å²) in [5.41, 5.74) is 2.14. The van der Waals surface area contributed by atoms with Crippen molar-refractivity contribution in [1.29, 1.82) is 0 Å². The third kappa shape index (κ3) is 5.28. The molecule has 0 bridgehead atoms. The molecule has 2 rings (SSSR count). The van der Waals surface area contributed by atoms with Gasteiger partial charge < -0.3 is 20.1 Å². The van der Waals surface area contributed by atoms with Crippen LogP contribution in [0.15, 0.2) is 41.9 Å². The Hall–Kier alpha value is -2.43. The highest BCUT2D eigenvalue weighted by Crippen LogP contribution is 2.33. The van der Waals surface area contributed by atoms with Crippen LogP contribution in [0.25, 0.3) is 0 Å². The van der Waals surface area contributed by atoms with Gasteiger partial charge in [0.1, 0.15) is 0 Å². The molecule has 1 aromatic carbocycles. The van der Waals surface area contributed by atoms with E-state index in [0.717, 1.165) is 54.4 Å². The quantitative estimate of drug-likeness (QED) is 0.432. The Balaban J connectivity index is 2.17. The van der Waals surface area contributed by atoms with Gasteiger partial charge in [0.15, 0.2) is 17.5 Å². The van der Waals surface area contributed by atoms with E-state index >= 15 is 0 Å². The van der Waals surface area contributed by atoms with E-state index in [9.17, 15) is 0 Å². The van der Waals surface area contributed by atoms with Gasteiger partial charge >= 0.3 is 0 Å².